The van der Waals surface area contributed by atoms with E-state index in [0.29, 0.717) is 17.8 Å². The Kier molecular flexibility index (Phi) is 7.39. The van der Waals surface area contributed by atoms with Crippen LogP contribution in [0.2, 0.25) is 13.1 Å². The first-order valence-electron chi connectivity index (χ1n) is 22.4. The Morgan fingerprint density at radius 3 is 2.28 bits per heavy atom. The van der Waals surface area contributed by atoms with Crippen LogP contribution >= 0.6 is 0 Å². The van der Waals surface area contributed by atoms with E-state index in [1.807, 2.05) is 0 Å². The van der Waals surface area contributed by atoms with Gasteiger partial charge in [-0.2, -0.15) is 0 Å². The molecular weight excluding hydrogens is 737 g/mol. The Balaban J connectivity index is 1.15. The van der Waals surface area contributed by atoms with E-state index in [-0.39, 0.29) is 5.92 Å². The third-order valence-electron chi connectivity index (χ3n) is 15.5. The number of rotatable bonds is 3. The summed E-state index contributed by atoms with van der Waals surface area (Å²) >= 11 is 0. The fourth-order valence-electron chi connectivity index (χ4n) is 12.6. The van der Waals surface area contributed by atoms with E-state index in [1.165, 1.54) is 111 Å². The highest BCUT2D eigenvalue weighted by molar-refractivity contribution is 6.98. The van der Waals surface area contributed by atoms with Crippen LogP contribution in [-0.2, 0) is 0 Å². The maximum absolute atomic E-state index is 2.73. The van der Waals surface area contributed by atoms with E-state index in [2.05, 4.69) is 184 Å². The van der Waals surface area contributed by atoms with E-state index in [0.717, 1.165) is 19.3 Å². The Hall–Kier alpha value is -6.02. The van der Waals surface area contributed by atoms with E-state index in [9.17, 15) is 0 Å². The highest BCUT2D eigenvalue weighted by Crippen LogP contribution is 2.54. The standard InChI is InChI=1S/C59H48Si/c1-35-28-39-13-6-7-15-41(39)30-48(35)59-51-31-42(49-32-43-18-10-16-37-23-24-38-17-11-20-46(49)58(38)56(37)43)26-27-47(51)57(44-25-22-36-12-4-5-14-40(36)29-44)52-33-50-45-19-8-9-21-54(45)60(2,3)55(50)34-53(52)59/h4-6,8,10-14,16-20,22-35,48,56,58H,7,9,15,21H2,1-3H3. The summed E-state index contributed by atoms with van der Waals surface area (Å²) in [5.74, 6) is 1.36. The van der Waals surface area contributed by atoms with Crippen molar-refractivity contribution in [2.45, 2.75) is 51.6 Å². The fraction of sp³-hybridized carbons (Fsp3) is 0.186. The van der Waals surface area contributed by atoms with Crippen molar-refractivity contribution in [2.24, 2.45) is 17.8 Å². The Bertz CT molecular complexity index is 3240. The molecule has 5 aromatic carbocycles. The minimum atomic E-state index is -1.89. The summed E-state index contributed by atoms with van der Waals surface area (Å²) in [6, 6.07) is 29.0. The molecule has 1 heterocycles. The third kappa shape index (κ3) is 4.90. The van der Waals surface area contributed by atoms with Crippen molar-refractivity contribution >= 4 is 56.7 Å². The summed E-state index contributed by atoms with van der Waals surface area (Å²) in [5.41, 5.74) is 18.6. The molecule has 1 aliphatic heterocycles. The molecule has 0 saturated heterocycles. The molecule has 60 heavy (non-hydrogen) atoms. The fourth-order valence-corrected chi connectivity index (χ4v) is 16.0. The predicted octanol–water partition coefficient (Wildman–Crippen LogP) is 14.8. The zero-order valence-corrected chi connectivity index (χ0v) is 35.7. The van der Waals surface area contributed by atoms with Crippen molar-refractivity contribution in [3.63, 3.8) is 0 Å². The number of allylic oxidation sites excluding steroid dienone is 24. The van der Waals surface area contributed by atoms with Crippen molar-refractivity contribution < 1.29 is 0 Å². The molecule has 1 heteroatoms. The van der Waals surface area contributed by atoms with Crippen LogP contribution in [0.4, 0.5) is 0 Å². The Labute approximate surface area is 354 Å². The first-order valence-corrected chi connectivity index (χ1v) is 25.4. The molecule has 0 amide bonds. The topological polar surface area (TPSA) is 0 Å². The summed E-state index contributed by atoms with van der Waals surface area (Å²) in [6.07, 6.45) is 40.7. The molecule has 4 atom stereocenters. The molecule has 0 saturated carbocycles. The van der Waals surface area contributed by atoms with Gasteiger partial charge < -0.3 is 0 Å². The van der Waals surface area contributed by atoms with Crippen LogP contribution in [0.25, 0.3) is 54.6 Å². The van der Waals surface area contributed by atoms with Gasteiger partial charge >= 0.3 is 0 Å². The molecule has 8 aliphatic rings. The van der Waals surface area contributed by atoms with E-state index in [1.54, 1.807) is 10.4 Å². The van der Waals surface area contributed by atoms with Crippen LogP contribution in [0, 0.1) is 17.8 Å². The lowest BCUT2D eigenvalue weighted by molar-refractivity contribution is 0.567. The van der Waals surface area contributed by atoms with Crippen LogP contribution in [0.15, 0.2) is 203 Å². The summed E-state index contributed by atoms with van der Waals surface area (Å²) in [6.45, 7) is 7.71. The number of benzene rings is 5. The third-order valence-corrected chi connectivity index (χ3v) is 19.3. The highest BCUT2D eigenvalue weighted by atomic mass is 28.3. The van der Waals surface area contributed by atoms with Crippen LogP contribution in [0.1, 0.15) is 55.2 Å². The van der Waals surface area contributed by atoms with Gasteiger partial charge in [-0.15, -0.1) is 0 Å². The van der Waals surface area contributed by atoms with Gasteiger partial charge in [0.25, 0.3) is 0 Å². The zero-order chi connectivity index (χ0) is 39.9. The minimum absolute atomic E-state index is 0.265. The normalized spacial score (nSPS) is 25.1. The van der Waals surface area contributed by atoms with Crippen LogP contribution < -0.4 is 5.19 Å². The summed E-state index contributed by atoms with van der Waals surface area (Å²) < 4.78 is 0. The molecule has 7 aliphatic carbocycles. The molecule has 0 nitrogen and oxygen atoms in total. The van der Waals surface area contributed by atoms with Gasteiger partial charge in [0.1, 0.15) is 8.07 Å². The van der Waals surface area contributed by atoms with Gasteiger partial charge in [-0.25, -0.2) is 0 Å². The molecule has 0 aromatic heterocycles. The van der Waals surface area contributed by atoms with Gasteiger partial charge in [0.15, 0.2) is 0 Å². The molecule has 0 spiro atoms. The highest BCUT2D eigenvalue weighted by Gasteiger charge is 2.41. The van der Waals surface area contributed by atoms with Crippen molar-refractivity contribution in [3.05, 3.63) is 219 Å². The van der Waals surface area contributed by atoms with E-state index >= 15 is 0 Å². The summed E-state index contributed by atoms with van der Waals surface area (Å²) in [7, 11) is -1.89. The Morgan fingerprint density at radius 2 is 1.38 bits per heavy atom. The lowest BCUT2D eigenvalue weighted by atomic mass is 9.62. The smallest absolute Gasteiger partial charge is 0.0836 e. The second-order valence-electron chi connectivity index (χ2n) is 19.0. The van der Waals surface area contributed by atoms with Crippen molar-refractivity contribution in [1.29, 1.82) is 0 Å². The van der Waals surface area contributed by atoms with Gasteiger partial charge in [0.2, 0.25) is 0 Å². The summed E-state index contributed by atoms with van der Waals surface area (Å²) in [4.78, 5) is 0. The first kappa shape index (κ1) is 34.8. The molecule has 13 rings (SSSR count). The minimum Gasteiger partial charge on any atom is -0.0836 e. The van der Waals surface area contributed by atoms with Gasteiger partial charge in [0, 0.05) is 17.8 Å². The largest absolute Gasteiger partial charge is 0.109 e. The first-order chi connectivity index (χ1) is 29.4. The lowest BCUT2D eigenvalue weighted by Crippen LogP contribution is -2.41. The zero-order valence-electron chi connectivity index (χ0n) is 34.7. The second-order valence-corrected chi connectivity index (χ2v) is 23.4. The van der Waals surface area contributed by atoms with E-state index < -0.39 is 8.07 Å². The molecule has 288 valence electrons. The van der Waals surface area contributed by atoms with E-state index in [4.69, 9.17) is 0 Å². The quantitative estimate of drug-likeness (QED) is 0.126. The number of hydrogen-bond acceptors (Lipinski definition) is 0. The number of hydrogen-bond donors (Lipinski definition) is 0. The van der Waals surface area contributed by atoms with Crippen molar-refractivity contribution in [1.82, 2.24) is 0 Å². The second kappa shape index (κ2) is 12.7. The predicted molar refractivity (Wildman–Crippen MR) is 259 cm³/mol. The van der Waals surface area contributed by atoms with Crippen LogP contribution in [0.3, 0.4) is 0 Å². The molecular formula is C59H48Si. The monoisotopic (exact) mass is 784 g/mol. The van der Waals surface area contributed by atoms with Crippen LogP contribution in [0.5, 0.6) is 0 Å². The maximum Gasteiger partial charge on any atom is 0.109 e. The maximum atomic E-state index is 2.73. The SMILES string of the molecule is CC1C=C2C=CCCC2=CC1c1c2cc(C3=C4C=CC=C5C=CC6=CC=CC(=C3)C6C54)ccc2c(-c2ccc3ccccc3c2)c2cc3c(cc12)[Si](C)(C)C1=C3C=CCC1. The lowest BCUT2D eigenvalue weighted by Gasteiger charge is -2.41. The van der Waals surface area contributed by atoms with Crippen molar-refractivity contribution in [3.8, 4) is 11.1 Å². The Morgan fingerprint density at radius 1 is 0.600 bits per heavy atom. The molecule has 0 N–H and O–H groups in total. The molecule has 5 aromatic rings. The molecule has 0 fully saturated rings. The number of fused-ring (bicyclic) bond motifs is 6. The average molecular weight is 785 g/mol. The molecule has 0 radical (unpaired) electrons. The van der Waals surface area contributed by atoms with Gasteiger partial charge in [-0.05, 0) is 160 Å². The van der Waals surface area contributed by atoms with Crippen LogP contribution in [-0.4, -0.2) is 8.07 Å². The van der Waals surface area contributed by atoms with Gasteiger partial charge in [0.05, 0.1) is 0 Å². The molecule has 0 bridgehead atoms. The summed E-state index contributed by atoms with van der Waals surface area (Å²) in [5, 5.41) is 11.6. The van der Waals surface area contributed by atoms with Gasteiger partial charge in [-0.3, -0.25) is 0 Å². The molecule has 4 unspecified atom stereocenters. The van der Waals surface area contributed by atoms with Crippen molar-refractivity contribution in [2.75, 3.05) is 0 Å². The van der Waals surface area contributed by atoms with Gasteiger partial charge in [-0.1, -0.05) is 171 Å². The average Bonchev–Trinajstić information content (AvgIpc) is 3.51.